The van der Waals surface area contributed by atoms with E-state index in [4.69, 9.17) is 0 Å². The molecule has 1 aliphatic carbocycles. The van der Waals surface area contributed by atoms with E-state index in [0.717, 1.165) is 0 Å². The Bertz CT molecular complexity index is 226. The zero-order valence-electron chi connectivity index (χ0n) is 8.41. The van der Waals surface area contributed by atoms with Gasteiger partial charge < -0.3 is 15.5 Å². The Morgan fingerprint density at radius 1 is 1.57 bits per heavy atom. The second-order valence-corrected chi connectivity index (χ2v) is 4.69. The van der Waals surface area contributed by atoms with E-state index in [9.17, 15) is 14.6 Å². The maximum absolute atomic E-state index is 13.2. The highest BCUT2D eigenvalue weighted by Gasteiger charge is 2.52. The van der Waals surface area contributed by atoms with Gasteiger partial charge in [-0.2, -0.15) is 0 Å². The molecule has 2 fully saturated rings. The first-order valence-electron chi connectivity index (χ1n) is 5.32. The molecule has 4 heteroatoms. The van der Waals surface area contributed by atoms with Crippen molar-refractivity contribution in [3.63, 3.8) is 0 Å². The van der Waals surface area contributed by atoms with Gasteiger partial charge in [-0.3, -0.25) is 0 Å². The van der Waals surface area contributed by atoms with Crippen LogP contribution in [0.3, 0.4) is 0 Å². The Morgan fingerprint density at radius 2 is 2.29 bits per heavy atom. The first kappa shape index (κ1) is 10.3. The number of halogens is 1. The lowest BCUT2D eigenvalue weighted by Crippen LogP contribution is -2.58. The van der Waals surface area contributed by atoms with E-state index in [0.29, 0.717) is 25.8 Å². The van der Waals surface area contributed by atoms with Crippen LogP contribution in [-0.2, 0) is 0 Å². The topological polar surface area (TPSA) is 52.5 Å². The van der Waals surface area contributed by atoms with Crippen molar-refractivity contribution in [2.24, 2.45) is 5.92 Å². The number of hydrogen-bond acceptors (Lipinski definition) is 3. The number of aliphatic hydroxyl groups is 2. The molecule has 0 aromatic heterocycles. The normalized spacial score (nSPS) is 50.1. The Labute approximate surface area is 83.3 Å². The Kier molecular flexibility index (Phi) is 2.53. The van der Waals surface area contributed by atoms with Crippen molar-refractivity contribution in [1.29, 1.82) is 0 Å². The SMILES string of the molecule is CC([C@H]1C[C@@H](O)CN1)C1(O)CC[C@@H]1F. The molecule has 0 aromatic rings. The van der Waals surface area contributed by atoms with Gasteiger partial charge in [0.15, 0.2) is 0 Å². The van der Waals surface area contributed by atoms with Crippen molar-refractivity contribution >= 4 is 0 Å². The molecule has 0 spiro atoms. The highest BCUT2D eigenvalue weighted by molar-refractivity contribution is 5.05. The molecule has 5 atom stereocenters. The zero-order chi connectivity index (χ0) is 10.3. The summed E-state index contributed by atoms with van der Waals surface area (Å²) < 4.78 is 13.2. The highest BCUT2D eigenvalue weighted by Crippen LogP contribution is 2.43. The van der Waals surface area contributed by atoms with Gasteiger partial charge in [-0.05, 0) is 19.3 Å². The predicted molar refractivity (Wildman–Crippen MR) is 50.7 cm³/mol. The third-order valence-electron chi connectivity index (χ3n) is 3.87. The van der Waals surface area contributed by atoms with Crippen LogP contribution in [0.4, 0.5) is 4.39 Å². The first-order chi connectivity index (χ1) is 6.54. The van der Waals surface area contributed by atoms with Crippen molar-refractivity contribution in [2.45, 2.75) is 50.1 Å². The van der Waals surface area contributed by atoms with E-state index in [1.165, 1.54) is 0 Å². The van der Waals surface area contributed by atoms with Gasteiger partial charge in [0.25, 0.3) is 0 Å². The van der Waals surface area contributed by atoms with Crippen LogP contribution in [0.5, 0.6) is 0 Å². The minimum atomic E-state index is -1.15. The van der Waals surface area contributed by atoms with Crippen LogP contribution in [0, 0.1) is 5.92 Å². The largest absolute Gasteiger partial charge is 0.392 e. The van der Waals surface area contributed by atoms with Crippen LogP contribution in [0.25, 0.3) is 0 Å². The standard InChI is InChI=1S/C10H18FNO2/c1-6(8-4-7(13)5-12-8)10(14)3-2-9(10)11/h6-9,12-14H,2-5H2,1H3/t6?,7-,8-,9+,10?/m1/s1. The van der Waals surface area contributed by atoms with Gasteiger partial charge in [0.2, 0.25) is 0 Å². The third-order valence-corrected chi connectivity index (χ3v) is 3.87. The molecule has 1 aliphatic heterocycles. The van der Waals surface area contributed by atoms with Crippen molar-refractivity contribution in [2.75, 3.05) is 6.54 Å². The van der Waals surface area contributed by atoms with Crippen LogP contribution >= 0.6 is 0 Å². The van der Waals surface area contributed by atoms with E-state index < -0.39 is 11.8 Å². The average molecular weight is 203 g/mol. The lowest BCUT2D eigenvalue weighted by Gasteiger charge is -2.47. The fourth-order valence-corrected chi connectivity index (χ4v) is 2.54. The molecular formula is C10H18FNO2. The maximum Gasteiger partial charge on any atom is 0.129 e. The van der Waals surface area contributed by atoms with Crippen LogP contribution in [-0.4, -0.2) is 40.7 Å². The molecule has 1 saturated heterocycles. The molecule has 0 aromatic carbocycles. The number of alkyl halides is 1. The summed E-state index contributed by atoms with van der Waals surface area (Å²) in [4.78, 5) is 0. The van der Waals surface area contributed by atoms with Gasteiger partial charge in [-0.25, -0.2) is 4.39 Å². The molecule has 3 N–H and O–H groups in total. The summed E-state index contributed by atoms with van der Waals surface area (Å²) in [5.41, 5.74) is -1.15. The molecule has 3 nitrogen and oxygen atoms in total. The fourth-order valence-electron chi connectivity index (χ4n) is 2.54. The first-order valence-corrected chi connectivity index (χ1v) is 5.32. The van der Waals surface area contributed by atoms with Crippen LogP contribution in [0.1, 0.15) is 26.2 Å². The molecule has 1 heterocycles. The molecule has 2 aliphatic rings. The van der Waals surface area contributed by atoms with E-state index in [1.807, 2.05) is 6.92 Å². The van der Waals surface area contributed by atoms with Crippen LogP contribution in [0.2, 0.25) is 0 Å². The maximum atomic E-state index is 13.2. The number of nitrogens with one attached hydrogen (secondary N) is 1. The minimum absolute atomic E-state index is 0.0496. The highest BCUT2D eigenvalue weighted by atomic mass is 19.1. The molecule has 2 unspecified atom stereocenters. The van der Waals surface area contributed by atoms with E-state index in [-0.39, 0.29) is 18.1 Å². The molecule has 0 amide bonds. The lowest BCUT2D eigenvalue weighted by atomic mass is 9.67. The van der Waals surface area contributed by atoms with Gasteiger partial charge in [0.1, 0.15) is 6.17 Å². The van der Waals surface area contributed by atoms with E-state index >= 15 is 0 Å². The second kappa shape index (κ2) is 3.43. The zero-order valence-corrected chi connectivity index (χ0v) is 8.41. The number of rotatable bonds is 2. The van der Waals surface area contributed by atoms with Gasteiger partial charge >= 0.3 is 0 Å². The summed E-state index contributed by atoms with van der Waals surface area (Å²) in [6, 6.07) is 0.0496. The molecule has 0 radical (unpaired) electrons. The average Bonchev–Trinajstić information content (AvgIpc) is 2.60. The minimum Gasteiger partial charge on any atom is -0.392 e. The fraction of sp³-hybridized carbons (Fsp3) is 1.00. The van der Waals surface area contributed by atoms with Crippen LogP contribution < -0.4 is 5.32 Å². The van der Waals surface area contributed by atoms with E-state index in [2.05, 4.69) is 5.32 Å². The molecular weight excluding hydrogens is 185 g/mol. The second-order valence-electron chi connectivity index (χ2n) is 4.69. The summed E-state index contributed by atoms with van der Waals surface area (Å²) in [7, 11) is 0. The summed E-state index contributed by atoms with van der Waals surface area (Å²) in [6.45, 7) is 2.42. The molecule has 0 bridgehead atoms. The van der Waals surface area contributed by atoms with Crippen molar-refractivity contribution in [3.8, 4) is 0 Å². The summed E-state index contributed by atoms with van der Waals surface area (Å²) in [5.74, 6) is -0.122. The molecule has 1 saturated carbocycles. The lowest BCUT2D eigenvalue weighted by molar-refractivity contribution is -0.149. The van der Waals surface area contributed by atoms with Crippen molar-refractivity contribution < 1.29 is 14.6 Å². The number of β-amino-alcohol motifs (C(OH)–C–C–N with tert-alkyl or cyclic N) is 1. The molecule has 2 rings (SSSR count). The summed E-state index contributed by atoms with van der Waals surface area (Å²) >= 11 is 0. The van der Waals surface area contributed by atoms with Crippen molar-refractivity contribution in [3.05, 3.63) is 0 Å². The van der Waals surface area contributed by atoms with Crippen LogP contribution in [0.15, 0.2) is 0 Å². The van der Waals surface area contributed by atoms with Gasteiger partial charge in [0.05, 0.1) is 11.7 Å². The Hall–Kier alpha value is -0.190. The van der Waals surface area contributed by atoms with Gasteiger partial charge in [-0.15, -0.1) is 0 Å². The summed E-state index contributed by atoms with van der Waals surface area (Å²) in [6.07, 6.45) is 0.205. The van der Waals surface area contributed by atoms with Crippen molar-refractivity contribution in [1.82, 2.24) is 5.32 Å². The Balaban J connectivity index is 1.97. The Morgan fingerprint density at radius 3 is 2.64 bits per heavy atom. The summed E-state index contributed by atoms with van der Waals surface area (Å²) in [5, 5.41) is 22.5. The number of aliphatic hydroxyl groups excluding tert-OH is 1. The van der Waals surface area contributed by atoms with Gasteiger partial charge in [0, 0.05) is 18.5 Å². The predicted octanol–water partition coefficient (Wildman–Crippen LogP) is 0.208. The van der Waals surface area contributed by atoms with E-state index in [1.54, 1.807) is 0 Å². The monoisotopic (exact) mass is 203 g/mol. The molecule has 14 heavy (non-hydrogen) atoms. The smallest absolute Gasteiger partial charge is 0.129 e. The third kappa shape index (κ3) is 1.45. The number of hydrogen-bond donors (Lipinski definition) is 3. The molecule has 82 valence electrons. The quantitative estimate of drug-likeness (QED) is 0.601. The van der Waals surface area contributed by atoms with Gasteiger partial charge in [-0.1, -0.05) is 6.92 Å².